The van der Waals surface area contributed by atoms with Gasteiger partial charge in [0.1, 0.15) is 5.75 Å². The molecule has 0 saturated carbocycles. The summed E-state index contributed by atoms with van der Waals surface area (Å²) in [7, 11) is 0. The molecule has 0 spiro atoms. The zero-order valence-electron chi connectivity index (χ0n) is 12.4. The van der Waals surface area contributed by atoms with Gasteiger partial charge in [-0.2, -0.15) is 0 Å². The van der Waals surface area contributed by atoms with Gasteiger partial charge in [-0.1, -0.05) is 54.6 Å². The molecule has 3 nitrogen and oxygen atoms in total. The maximum atomic E-state index is 10.6. The second-order valence-electron chi connectivity index (χ2n) is 4.99. The van der Waals surface area contributed by atoms with E-state index in [-0.39, 0.29) is 0 Å². The molecule has 0 bridgehead atoms. The number of rotatable bonds is 5. The summed E-state index contributed by atoms with van der Waals surface area (Å²) in [6, 6.07) is 13.2. The Morgan fingerprint density at radius 3 is 2.41 bits per heavy atom. The first-order chi connectivity index (χ1) is 10.6. The van der Waals surface area contributed by atoms with Gasteiger partial charge in [-0.3, -0.25) is 0 Å². The number of phenols is 1. The zero-order chi connectivity index (χ0) is 15.9. The van der Waals surface area contributed by atoms with Crippen LogP contribution in [0.15, 0.2) is 54.6 Å². The number of carbonyl (C=O) groups is 1. The Hall–Kier alpha value is -2.81. The van der Waals surface area contributed by atoms with Crippen LogP contribution in [0.1, 0.15) is 22.3 Å². The third kappa shape index (κ3) is 4.09. The first-order valence-electron chi connectivity index (χ1n) is 7.02. The average molecular weight is 294 g/mol. The summed E-state index contributed by atoms with van der Waals surface area (Å²) in [4.78, 5) is 10.6. The first kappa shape index (κ1) is 15.6. The highest BCUT2D eigenvalue weighted by molar-refractivity contribution is 5.86. The van der Waals surface area contributed by atoms with Crippen molar-refractivity contribution in [2.45, 2.75) is 13.3 Å². The predicted octanol–water partition coefficient (Wildman–Crippen LogP) is 4.05. The van der Waals surface area contributed by atoms with E-state index < -0.39 is 5.97 Å². The average Bonchev–Trinajstić information content (AvgIpc) is 2.50. The summed E-state index contributed by atoms with van der Waals surface area (Å²) in [5.41, 5.74) is 3.51. The van der Waals surface area contributed by atoms with Crippen molar-refractivity contribution in [1.82, 2.24) is 0 Å². The molecular formula is C19H18O3. The molecule has 0 unspecified atom stereocenters. The number of aryl methyl sites for hydroxylation is 1. The molecule has 2 rings (SSSR count). The van der Waals surface area contributed by atoms with Crippen LogP contribution in [0.2, 0.25) is 0 Å². The molecule has 0 saturated heterocycles. The molecule has 22 heavy (non-hydrogen) atoms. The van der Waals surface area contributed by atoms with Gasteiger partial charge in [-0.05, 0) is 41.7 Å². The fraction of sp³-hybridized carbons (Fsp3) is 0.105. The van der Waals surface area contributed by atoms with Gasteiger partial charge in [0.2, 0.25) is 0 Å². The van der Waals surface area contributed by atoms with Gasteiger partial charge in [0.25, 0.3) is 0 Å². The largest absolute Gasteiger partial charge is 0.507 e. The van der Waals surface area contributed by atoms with Crippen molar-refractivity contribution in [2.24, 2.45) is 0 Å². The SMILES string of the molecule is Cc1cccc(C/C=C/c2ccccc2/C=C/C(=O)O)c1O. The van der Waals surface area contributed by atoms with E-state index in [0.717, 1.165) is 28.3 Å². The van der Waals surface area contributed by atoms with E-state index in [4.69, 9.17) is 5.11 Å². The van der Waals surface area contributed by atoms with E-state index in [1.807, 2.05) is 61.5 Å². The second-order valence-corrected chi connectivity index (χ2v) is 4.99. The Morgan fingerprint density at radius 2 is 1.73 bits per heavy atom. The topological polar surface area (TPSA) is 57.5 Å². The van der Waals surface area contributed by atoms with E-state index >= 15 is 0 Å². The Bertz CT molecular complexity index is 727. The summed E-state index contributed by atoms with van der Waals surface area (Å²) in [5.74, 6) is -0.644. The van der Waals surface area contributed by atoms with Gasteiger partial charge < -0.3 is 10.2 Å². The van der Waals surface area contributed by atoms with Crippen molar-refractivity contribution in [3.63, 3.8) is 0 Å². The van der Waals surface area contributed by atoms with Crippen LogP contribution in [-0.4, -0.2) is 16.2 Å². The van der Waals surface area contributed by atoms with Crippen molar-refractivity contribution in [2.75, 3.05) is 0 Å². The number of carboxylic acids is 1. The maximum Gasteiger partial charge on any atom is 0.328 e. The number of carboxylic acid groups (broad SMARTS) is 1. The summed E-state index contributed by atoms with van der Waals surface area (Å²) in [6.07, 6.45) is 7.21. The van der Waals surface area contributed by atoms with Gasteiger partial charge in [0.15, 0.2) is 0 Å². The molecule has 0 atom stereocenters. The smallest absolute Gasteiger partial charge is 0.328 e. The Kier molecular flexibility index (Phi) is 5.15. The van der Waals surface area contributed by atoms with E-state index in [9.17, 15) is 9.90 Å². The van der Waals surface area contributed by atoms with Gasteiger partial charge in [-0.15, -0.1) is 0 Å². The Balaban J connectivity index is 2.17. The highest BCUT2D eigenvalue weighted by Crippen LogP contribution is 2.22. The van der Waals surface area contributed by atoms with E-state index in [1.165, 1.54) is 0 Å². The number of hydrogen-bond acceptors (Lipinski definition) is 2. The molecule has 2 aromatic carbocycles. The molecule has 0 amide bonds. The highest BCUT2D eigenvalue weighted by atomic mass is 16.4. The molecule has 0 fully saturated rings. The number of allylic oxidation sites excluding steroid dienone is 1. The normalized spacial score (nSPS) is 11.3. The molecular weight excluding hydrogens is 276 g/mol. The minimum absolute atomic E-state index is 0.325. The molecule has 0 aromatic heterocycles. The first-order valence-corrected chi connectivity index (χ1v) is 7.02. The summed E-state index contributed by atoms with van der Waals surface area (Å²) < 4.78 is 0. The second kappa shape index (κ2) is 7.27. The number of aliphatic carboxylic acids is 1. The van der Waals surface area contributed by atoms with E-state index in [1.54, 1.807) is 6.08 Å². The number of hydrogen-bond donors (Lipinski definition) is 2. The Morgan fingerprint density at radius 1 is 1.05 bits per heavy atom. The van der Waals surface area contributed by atoms with Crippen molar-refractivity contribution in [3.05, 3.63) is 76.9 Å². The number of para-hydroxylation sites is 1. The van der Waals surface area contributed by atoms with Crippen LogP contribution < -0.4 is 0 Å². The maximum absolute atomic E-state index is 10.6. The van der Waals surface area contributed by atoms with Crippen molar-refractivity contribution in [3.8, 4) is 5.75 Å². The molecule has 2 N–H and O–H groups in total. The number of phenolic OH excluding ortho intramolecular Hbond substituents is 1. The fourth-order valence-corrected chi connectivity index (χ4v) is 2.17. The minimum Gasteiger partial charge on any atom is -0.507 e. The van der Waals surface area contributed by atoms with Crippen molar-refractivity contribution >= 4 is 18.1 Å². The summed E-state index contributed by atoms with van der Waals surface area (Å²) in [6.45, 7) is 1.87. The van der Waals surface area contributed by atoms with Crippen LogP contribution in [0.5, 0.6) is 5.75 Å². The lowest BCUT2D eigenvalue weighted by Crippen LogP contribution is -1.87. The quantitative estimate of drug-likeness (QED) is 0.818. The van der Waals surface area contributed by atoms with Gasteiger partial charge in [0.05, 0.1) is 0 Å². The van der Waals surface area contributed by atoms with Crippen molar-refractivity contribution < 1.29 is 15.0 Å². The summed E-state index contributed by atoms with van der Waals surface area (Å²) in [5, 5.41) is 18.7. The monoisotopic (exact) mass is 294 g/mol. The van der Waals surface area contributed by atoms with Gasteiger partial charge >= 0.3 is 5.97 Å². The van der Waals surface area contributed by atoms with Gasteiger partial charge in [0, 0.05) is 6.08 Å². The molecule has 0 aliphatic rings. The van der Waals surface area contributed by atoms with Crippen LogP contribution in [0.25, 0.3) is 12.2 Å². The molecule has 0 heterocycles. The van der Waals surface area contributed by atoms with Crippen LogP contribution in [0.4, 0.5) is 0 Å². The third-order valence-corrected chi connectivity index (χ3v) is 3.36. The minimum atomic E-state index is -0.969. The molecule has 112 valence electrons. The van der Waals surface area contributed by atoms with Crippen LogP contribution >= 0.6 is 0 Å². The third-order valence-electron chi connectivity index (χ3n) is 3.36. The molecule has 0 aliphatic heterocycles. The summed E-state index contributed by atoms with van der Waals surface area (Å²) >= 11 is 0. The standard InChI is InChI=1S/C19H18O3/c1-14-6-4-10-17(19(14)22)11-5-9-15-7-2-3-8-16(15)12-13-18(20)21/h2-10,12-13,22H,11H2,1H3,(H,20,21)/b9-5+,13-12+. The molecule has 0 radical (unpaired) electrons. The molecule has 3 heteroatoms. The zero-order valence-corrected chi connectivity index (χ0v) is 12.4. The fourth-order valence-electron chi connectivity index (χ4n) is 2.17. The molecule has 2 aromatic rings. The predicted molar refractivity (Wildman–Crippen MR) is 88.7 cm³/mol. The number of benzene rings is 2. The van der Waals surface area contributed by atoms with E-state index in [0.29, 0.717) is 12.2 Å². The van der Waals surface area contributed by atoms with E-state index in [2.05, 4.69) is 0 Å². The number of aromatic hydroxyl groups is 1. The lowest BCUT2D eigenvalue weighted by Gasteiger charge is -2.04. The van der Waals surface area contributed by atoms with Crippen molar-refractivity contribution in [1.29, 1.82) is 0 Å². The molecule has 0 aliphatic carbocycles. The van der Waals surface area contributed by atoms with Crippen LogP contribution in [0, 0.1) is 6.92 Å². The van der Waals surface area contributed by atoms with Gasteiger partial charge in [-0.25, -0.2) is 4.79 Å². The lowest BCUT2D eigenvalue weighted by atomic mass is 10.0. The van der Waals surface area contributed by atoms with Crippen LogP contribution in [-0.2, 0) is 11.2 Å². The highest BCUT2D eigenvalue weighted by Gasteiger charge is 2.01. The van der Waals surface area contributed by atoms with Crippen LogP contribution in [0.3, 0.4) is 0 Å². The lowest BCUT2D eigenvalue weighted by molar-refractivity contribution is -0.131. The Labute approximate surface area is 129 Å².